The van der Waals surface area contributed by atoms with Crippen molar-refractivity contribution in [2.24, 2.45) is 5.92 Å². The molecule has 0 aliphatic rings. The second-order valence-corrected chi connectivity index (χ2v) is 6.45. The van der Waals surface area contributed by atoms with Gasteiger partial charge in [-0.1, -0.05) is 52.2 Å². The molecule has 0 spiro atoms. The SMILES string of the molecule is CCCCCC(C)NCc1ccc(OCCC(C)C)cc1. The van der Waals surface area contributed by atoms with Crippen molar-refractivity contribution in [3.8, 4) is 5.75 Å². The lowest BCUT2D eigenvalue weighted by Crippen LogP contribution is -2.25. The Morgan fingerprint density at radius 3 is 2.33 bits per heavy atom. The third-order valence-corrected chi connectivity index (χ3v) is 3.78. The highest BCUT2D eigenvalue weighted by Gasteiger charge is 2.02. The molecule has 2 heteroatoms. The van der Waals surface area contributed by atoms with Gasteiger partial charge in [0.2, 0.25) is 0 Å². The Kier molecular flexibility index (Phi) is 9.16. The topological polar surface area (TPSA) is 21.3 Å². The summed E-state index contributed by atoms with van der Waals surface area (Å²) in [7, 11) is 0. The third-order valence-electron chi connectivity index (χ3n) is 3.78. The van der Waals surface area contributed by atoms with Gasteiger partial charge in [-0.05, 0) is 43.4 Å². The van der Waals surface area contributed by atoms with Gasteiger partial charge in [0.15, 0.2) is 0 Å². The highest BCUT2D eigenvalue weighted by atomic mass is 16.5. The average Bonchev–Trinajstić information content (AvgIpc) is 2.46. The van der Waals surface area contributed by atoms with E-state index >= 15 is 0 Å². The molecule has 2 nitrogen and oxygen atoms in total. The van der Waals surface area contributed by atoms with E-state index in [1.165, 1.54) is 31.2 Å². The van der Waals surface area contributed by atoms with Gasteiger partial charge in [-0.25, -0.2) is 0 Å². The number of hydrogen-bond donors (Lipinski definition) is 1. The van der Waals surface area contributed by atoms with Gasteiger partial charge in [0, 0.05) is 12.6 Å². The van der Waals surface area contributed by atoms with Gasteiger partial charge >= 0.3 is 0 Å². The van der Waals surface area contributed by atoms with Crippen molar-refractivity contribution >= 4 is 0 Å². The lowest BCUT2D eigenvalue weighted by molar-refractivity contribution is 0.289. The van der Waals surface area contributed by atoms with Crippen molar-refractivity contribution in [3.05, 3.63) is 29.8 Å². The van der Waals surface area contributed by atoms with Crippen LogP contribution in [-0.2, 0) is 6.54 Å². The average molecular weight is 291 g/mol. The molecule has 0 fully saturated rings. The molecule has 0 aromatic heterocycles. The van der Waals surface area contributed by atoms with Crippen molar-refractivity contribution in [2.75, 3.05) is 6.61 Å². The van der Waals surface area contributed by atoms with Crippen LogP contribution in [0.25, 0.3) is 0 Å². The van der Waals surface area contributed by atoms with Crippen LogP contribution in [-0.4, -0.2) is 12.6 Å². The molecule has 0 heterocycles. The molecule has 1 atom stereocenters. The Labute approximate surface area is 131 Å². The summed E-state index contributed by atoms with van der Waals surface area (Å²) in [6.07, 6.45) is 6.34. The van der Waals surface area contributed by atoms with Crippen LogP contribution in [0.2, 0.25) is 0 Å². The smallest absolute Gasteiger partial charge is 0.119 e. The number of unbranched alkanes of at least 4 members (excludes halogenated alkanes) is 2. The van der Waals surface area contributed by atoms with Crippen LogP contribution in [0.3, 0.4) is 0 Å². The van der Waals surface area contributed by atoms with Gasteiger partial charge in [-0.2, -0.15) is 0 Å². The molecule has 1 aromatic rings. The third kappa shape index (κ3) is 8.77. The summed E-state index contributed by atoms with van der Waals surface area (Å²) < 4.78 is 5.74. The molecule has 0 saturated heterocycles. The number of rotatable bonds is 11. The minimum Gasteiger partial charge on any atom is -0.494 e. The van der Waals surface area contributed by atoms with Crippen LogP contribution in [0.4, 0.5) is 0 Å². The first-order valence-electron chi connectivity index (χ1n) is 8.57. The summed E-state index contributed by atoms with van der Waals surface area (Å²) in [5.41, 5.74) is 1.33. The van der Waals surface area contributed by atoms with Crippen molar-refractivity contribution in [1.82, 2.24) is 5.32 Å². The summed E-state index contributed by atoms with van der Waals surface area (Å²) in [5.74, 6) is 1.68. The van der Waals surface area contributed by atoms with Crippen LogP contribution in [0, 0.1) is 5.92 Å². The zero-order valence-electron chi connectivity index (χ0n) is 14.3. The van der Waals surface area contributed by atoms with E-state index in [0.717, 1.165) is 25.3 Å². The molecule has 0 amide bonds. The second-order valence-electron chi connectivity index (χ2n) is 6.45. The maximum Gasteiger partial charge on any atom is 0.119 e. The van der Waals surface area contributed by atoms with E-state index in [2.05, 4.69) is 57.3 Å². The molecule has 0 aliphatic heterocycles. The van der Waals surface area contributed by atoms with Crippen LogP contribution in [0.5, 0.6) is 5.75 Å². The van der Waals surface area contributed by atoms with Crippen LogP contribution >= 0.6 is 0 Å². The van der Waals surface area contributed by atoms with Gasteiger partial charge in [-0.3, -0.25) is 0 Å². The van der Waals surface area contributed by atoms with Crippen LogP contribution in [0.1, 0.15) is 65.4 Å². The molecule has 21 heavy (non-hydrogen) atoms. The maximum absolute atomic E-state index is 5.74. The first-order chi connectivity index (χ1) is 10.1. The lowest BCUT2D eigenvalue weighted by atomic mass is 10.1. The van der Waals surface area contributed by atoms with E-state index in [1.54, 1.807) is 0 Å². The highest BCUT2D eigenvalue weighted by molar-refractivity contribution is 5.27. The monoisotopic (exact) mass is 291 g/mol. The molecule has 0 radical (unpaired) electrons. The molecule has 0 aliphatic carbocycles. The standard InChI is InChI=1S/C19H33NO/c1-5-6-7-8-17(4)20-15-18-9-11-19(12-10-18)21-14-13-16(2)3/h9-12,16-17,20H,5-8,13-15H2,1-4H3. The second kappa shape index (κ2) is 10.7. The van der Waals surface area contributed by atoms with Gasteiger partial charge in [0.05, 0.1) is 6.61 Å². The van der Waals surface area contributed by atoms with Gasteiger partial charge in [0.25, 0.3) is 0 Å². The van der Waals surface area contributed by atoms with E-state index in [-0.39, 0.29) is 0 Å². The van der Waals surface area contributed by atoms with Gasteiger partial charge in [0.1, 0.15) is 5.75 Å². The fourth-order valence-corrected chi connectivity index (χ4v) is 2.21. The fourth-order valence-electron chi connectivity index (χ4n) is 2.21. The van der Waals surface area contributed by atoms with Crippen LogP contribution in [0.15, 0.2) is 24.3 Å². The molecule has 1 unspecified atom stereocenters. The molecular weight excluding hydrogens is 258 g/mol. The number of benzene rings is 1. The summed E-state index contributed by atoms with van der Waals surface area (Å²) in [6.45, 7) is 10.7. The van der Waals surface area contributed by atoms with Gasteiger partial charge in [-0.15, -0.1) is 0 Å². The van der Waals surface area contributed by atoms with Crippen molar-refractivity contribution in [3.63, 3.8) is 0 Å². The van der Waals surface area contributed by atoms with Crippen LogP contribution < -0.4 is 10.1 Å². The number of nitrogens with one attached hydrogen (secondary N) is 1. The molecule has 1 aromatic carbocycles. The quantitative estimate of drug-likeness (QED) is 0.568. The van der Waals surface area contributed by atoms with E-state index in [0.29, 0.717) is 12.0 Å². The van der Waals surface area contributed by atoms with Crippen molar-refractivity contribution in [1.29, 1.82) is 0 Å². The summed E-state index contributed by atoms with van der Waals surface area (Å²) in [6, 6.07) is 9.09. The fraction of sp³-hybridized carbons (Fsp3) is 0.684. The zero-order valence-corrected chi connectivity index (χ0v) is 14.3. The highest BCUT2D eigenvalue weighted by Crippen LogP contribution is 2.13. The summed E-state index contributed by atoms with van der Waals surface area (Å²) >= 11 is 0. The Hall–Kier alpha value is -1.02. The predicted molar refractivity (Wildman–Crippen MR) is 91.8 cm³/mol. The Morgan fingerprint density at radius 1 is 1.00 bits per heavy atom. The van der Waals surface area contributed by atoms with E-state index in [4.69, 9.17) is 4.74 Å². The molecule has 0 bridgehead atoms. The van der Waals surface area contributed by atoms with Gasteiger partial charge < -0.3 is 10.1 Å². The lowest BCUT2D eigenvalue weighted by Gasteiger charge is -2.14. The summed E-state index contributed by atoms with van der Waals surface area (Å²) in [4.78, 5) is 0. The molecular formula is C19H33NO. The Balaban J connectivity index is 2.24. The predicted octanol–water partition coefficient (Wildman–Crippen LogP) is 5.17. The minimum absolute atomic E-state index is 0.596. The maximum atomic E-state index is 5.74. The van der Waals surface area contributed by atoms with E-state index in [9.17, 15) is 0 Å². The van der Waals surface area contributed by atoms with E-state index in [1.807, 2.05) is 0 Å². The molecule has 1 N–H and O–H groups in total. The first kappa shape index (κ1) is 18.0. The zero-order chi connectivity index (χ0) is 15.5. The largest absolute Gasteiger partial charge is 0.494 e. The number of hydrogen-bond acceptors (Lipinski definition) is 2. The summed E-state index contributed by atoms with van der Waals surface area (Å²) in [5, 5.41) is 3.59. The minimum atomic E-state index is 0.596. The first-order valence-corrected chi connectivity index (χ1v) is 8.57. The Bertz CT molecular complexity index is 358. The normalized spacial score (nSPS) is 12.6. The molecule has 120 valence electrons. The molecule has 0 saturated carbocycles. The Morgan fingerprint density at radius 2 is 1.71 bits per heavy atom. The van der Waals surface area contributed by atoms with E-state index < -0.39 is 0 Å². The molecule has 1 rings (SSSR count). The van der Waals surface area contributed by atoms with Crippen molar-refractivity contribution in [2.45, 2.75) is 72.4 Å². The van der Waals surface area contributed by atoms with Crippen molar-refractivity contribution < 1.29 is 4.74 Å². The number of ether oxygens (including phenoxy) is 1.